The summed E-state index contributed by atoms with van der Waals surface area (Å²) in [7, 11) is 0. The standard InChI is InChI=1S/C65H41N3O2/c1-4-17-45(18-5-1)64-66-55(41-56(67-64)44-35-37-48(38-36-44)68-57-28-14-11-23-50(57)51-24-12-15-29-58(51)68)43-33-31-42(32-34-43)49-26-16-30-59-62(49)70-63-60(69-59)40-39-54-61(63)52-25-10-13-27-53(52)65(54,46-19-6-2-7-20-46)47-21-8-3-9-22-47/h1-41H. The Kier molecular flexibility index (Phi) is 9.04. The van der Waals surface area contributed by atoms with Crippen molar-refractivity contribution in [2.45, 2.75) is 5.41 Å². The van der Waals surface area contributed by atoms with Crippen LogP contribution in [0.25, 0.3) is 83.6 Å². The third kappa shape index (κ3) is 6.11. The highest BCUT2D eigenvalue weighted by atomic mass is 16.6. The van der Waals surface area contributed by atoms with Gasteiger partial charge in [0.15, 0.2) is 28.8 Å². The molecule has 0 unspecified atom stereocenters. The molecule has 10 aromatic carbocycles. The zero-order valence-corrected chi connectivity index (χ0v) is 37.8. The van der Waals surface area contributed by atoms with Crippen LogP contribution in [0.4, 0.5) is 0 Å². The first kappa shape index (κ1) is 39.8. The molecular formula is C65H41N3O2. The Bertz CT molecular complexity index is 3880. The molecule has 5 heteroatoms. The van der Waals surface area contributed by atoms with Gasteiger partial charge < -0.3 is 14.0 Å². The largest absolute Gasteiger partial charge is 0.449 e. The Hall–Kier alpha value is -9.32. The van der Waals surface area contributed by atoms with E-state index in [9.17, 15) is 0 Å². The third-order valence-electron chi connectivity index (χ3n) is 14.2. The van der Waals surface area contributed by atoms with E-state index in [4.69, 9.17) is 19.4 Å². The Balaban J connectivity index is 0.839. The summed E-state index contributed by atoms with van der Waals surface area (Å²) >= 11 is 0. The minimum Gasteiger partial charge on any atom is -0.449 e. The van der Waals surface area contributed by atoms with Gasteiger partial charge >= 0.3 is 0 Å². The molecule has 0 atom stereocenters. The van der Waals surface area contributed by atoms with Crippen LogP contribution >= 0.6 is 0 Å². The lowest BCUT2D eigenvalue weighted by Crippen LogP contribution is -2.28. The summed E-state index contributed by atoms with van der Waals surface area (Å²) in [5, 5.41) is 2.48. The molecule has 1 aliphatic heterocycles. The second-order valence-electron chi connectivity index (χ2n) is 18.0. The first-order valence-electron chi connectivity index (χ1n) is 23.7. The van der Waals surface area contributed by atoms with E-state index in [0.717, 1.165) is 67.3 Å². The Morgan fingerprint density at radius 1 is 0.357 bits per heavy atom. The van der Waals surface area contributed by atoms with Crippen molar-refractivity contribution < 1.29 is 9.47 Å². The number of rotatable bonds is 7. The summed E-state index contributed by atoms with van der Waals surface area (Å²) in [5.41, 5.74) is 16.4. The first-order chi connectivity index (χ1) is 34.7. The molecule has 70 heavy (non-hydrogen) atoms. The number of aromatic nitrogens is 3. The lowest BCUT2D eigenvalue weighted by molar-refractivity contribution is 0.361. The monoisotopic (exact) mass is 895 g/mol. The second-order valence-corrected chi connectivity index (χ2v) is 18.0. The van der Waals surface area contributed by atoms with Gasteiger partial charge in [0.25, 0.3) is 0 Å². The minimum absolute atomic E-state index is 0.555. The molecule has 328 valence electrons. The van der Waals surface area contributed by atoms with Crippen molar-refractivity contribution in [3.8, 4) is 84.8 Å². The fourth-order valence-corrected chi connectivity index (χ4v) is 11.1. The van der Waals surface area contributed by atoms with E-state index in [-0.39, 0.29) is 0 Å². The van der Waals surface area contributed by atoms with Gasteiger partial charge in [-0.05, 0) is 75.8 Å². The highest BCUT2D eigenvalue weighted by molar-refractivity contribution is 6.09. The van der Waals surface area contributed by atoms with Crippen LogP contribution in [0.15, 0.2) is 249 Å². The molecule has 5 nitrogen and oxygen atoms in total. The molecule has 1 aliphatic carbocycles. The molecule has 2 aliphatic rings. The van der Waals surface area contributed by atoms with Gasteiger partial charge in [0.1, 0.15) is 0 Å². The molecule has 0 bridgehead atoms. The van der Waals surface area contributed by atoms with E-state index in [1.165, 1.54) is 38.5 Å². The van der Waals surface area contributed by atoms with Gasteiger partial charge in [-0.2, -0.15) is 0 Å². The van der Waals surface area contributed by atoms with E-state index in [1.807, 2.05) is 30.3 Å². The molecule has 12 aromatic rings. The van der Waals surface area contributed by atoms with Crippen LogP contribution in [0.1, 0.15) is 22.3 Å². The average molecular weight is 896 g/mol. The van der Waals surface area contributed by atoms with E-state index in [0.29, 0.717) is 23.1 Å². The zero-order chi connectivity index (χ0) is 46.2. The van der Waals surface area contributed by atoms with Gasteiger partial charge in [-0.1, -0.05) is 206 Å². The van der Waals surface area contributed by atoms with Crippen LogP contribution in [0.5, 0.6) is 23.0 Å². The number of hydrogen-bond acceptors (Lipinski definition) is 4. The van der Waals surface area contributed by atoms with Gasteiger partial charge in [-0.3, -0.25) is 0 Å². The third-order valence-corrected chi connectivity index (χ3v) is 14.2. The van der Waals surface area contributed by atoms with Gasteiger partial charge in [0.05, 0.1) is 27.8 Å². The Morgan fingerprint density at radius 2 is 0.886 bits per heavy atom. The molecular weight excluding hydrogens is 855 g/mol. The topological polar surface area (TPSA) is 49.2 Å². The van der Waals surface area contributed by atoms with E-state index < -0.39 is 5.41 Å². The van der Waals surface area contributed by atoms with Crippen LogP contribution in [0.2, 0.25) is 0 Å². The fraction of sp³-hybridized carbons (Fsp3) is 0.0154. The molecule has 3 heterocycles. The van der Waals surface area contributed by atoms with Crippen LogP contribution in [-0.4, -0.2) is 14.5 Å². The summed E-state index contributed by atoms with van der Waals surface area (Å²) < 4.78 is 16.3. The van der Waals surface area contributed by atoms with Crippen molar-refractivity contribution in [2.75, 3.05) is 0 Å². The number of ether oxygens (including phenoxy) is 2. The number of hydrogen-bond donors (Lipinski definition) is 0. The first-order valence-corrected chi connectivity index (χ1v) is 23.7. The lowest BCUT2D eigenvalue weighted by atomic mass is 9.68. The Labute approximate surface area is 405 Å². The molecule has 0 saturated heterocycles. The highest BCUT2D eigenvalue weighted by Gasteiger charge is 2.48. The summed E-state index contributed by atoms with van der Waals surface area (Å²) in [5.74, 6) is 3.45. The van der Waals surface area contributed by atoms with E-state index in [2.05, 4.69) is 223 Å². The lowest BCUT2D eigenvalue weighted by Gasteiger charge is -2.34. The van der Waals surface area contributed by atoms with Crippen LogP contribution in [0, 0.1) is 0 Å². The van der Waals surface area contributed by atoms with Crippen molar-refractivity contribution in [1.82, 2.24) is 14.5 Å². The minimum atomic E-state index is -0.555. The van der Waals surface area contributed by atoms with Gasteiger partial charge in [-0.15, -0.1) is 0 Å². The highest BCUT2D eigenvalue weighted by Crippen LogP contribution is 2.63. The quantitative estimate of drug-likeness (QED) is 0.160. The van der Waals surface area contributed by atoms with Crippen molar-refractivity contribution in [1.29, 1.82) is 0 Å². The zero-order valence-electron chi connectivity index (χ0n) is 37.8. The summed E-state index contributed by atoms with van der Waals surface area (Å²) in [6, 6.07) is 87.6. The maximum atomic E-state index is 7.20. The van der Waals surface area contributed by atoms with Crippen LogP contribution in [0.3, 0.4) is 0 Å². The maximum absolute atomic E-state index is 7.20. The summed E-state index contributed by atoms with van der Waals surface area (Å²) in [6.45, 7) is 0. The molecule has 14 rings (SSSR count). The number of benzene rings is 10. The van der Waals surface area contributed by atoms with Crippen molar-refractivity contribution in [2.24, 2.45) is 0 Å². The summed E-state index contributed by atoms with van der Waals surface area (Å²) in [6.07, 6.45) is 0. The predicted molar refractivity (Wildman–Crippen MR) is 282 cm³/mol. The van der Waals surface area contributed by atoms with Crippen LogP contribution < -0.4 is 9.47 Å². The maximum Gasteiger partial charge on any atom is 0.178 e. The molecule has 2 aromatic heterocycles. The SMILES string of the molecule is c1ccc(-c2nc(-c3ccc(-c4cccc5c4Oc4c(ccc6c4-c4ccccc4C6(c4ccccc4)c4ccccc4)O5)cc3)cc(-c3ccc(-n4c5ccccc5c5ccccc54)cc3)n2)cc1. The van der Waals surface area contributed by atoms with Crippen molar-refractivity contribution in [3.63, 3.8) is 0 Å². The molecule has 0 amide bonds. The Morgan fingerprint density at radius 3 is 1.54 bits per heavy atom. The number of nitrogens with zero attached hydrogens (tertiary/aromatic N) is 3. The van der Waals surface area contributed by atoms with Crippen molar-refractivity contribution in [3.05, 3.63) is 271 Å². The van der Waals surface area contributed by atoms with Crippen molar-refractivity contribution >= 4 is 21.8 Å². The molecule has 0 saturated carbocycles. The predicted octanol–water partition coefficient (Wildman–Crippen LogP) is 16.5. The fourth-order valence-electron chi connectivity index (χ4n) is 11.1. The molecule has 0 radical (unpaired) electrons. The second kappa shape index (κ2) is 15.9. The average Bonchev–Trinajstić information content (AvgIpc) is 3.94. The smallest absolute Gasteiger partial charge is 0.178 e. The number of para-hydroxylation sites is 3. The number of fused-ring (bicyclic) bond motifs is 9. The van der Waals surface area contributed by atoms with Gasteiger partial charge in [0.2, 0.25) is 0 Å². The van der Waals surface area contributed by atoms with E-state index >= 15 is 0 Å². The van der Waals surface area contributed by atoms with Gasteiger partial charge in [-0.25, -0.2) is 9.97 Å². The normalized spacial score (nSPS) is 12.9. The molecule has 0 N–H and O–H groups in total. The molecule has 0 spiro atoms. The van der Waals surface area contributed by atoms with Crippen LogP contribution in [-0.2, 0) is 5.41 Å². The van der Waals surface area contributed by atoms with E-state index in [1.54, 1.807) is 0 Å². The molecule has 0 fully saturated rings. The summed E-state index contributed by atoms with van der Waals surface area (Å²) in [4.78, 5) is 10.3. The van der Waals surface area contributed by atoms with Gasteiger partial charge in [0, 0.05) is 44.3 Å².